The molecule has 3 rings (SSSR count). The predicted octanol–water partition coefficient (Wildman–Crippen LogP) is 4.23. The van der Waals surface area contributed by atoms with Crippen LogP contribution in [0.4, 0.5) is 0 Å². The highest BCUT2D eigenvalue weighted by molar-refractivity contribution is 7.99. The Balaban J connectivity index is 2.00. The molecule has 0 amide bonds. The van der Waals surface area contributed by atoms with Crippen LogP contribution in [0.25, 0.3) is 10.9 Å². The number of hydrogen-bond donors (Lipinski definition) is 0. The van der Waals surface area contributed by atoms with Crippen LogP contribution < -0.4 is 5.56 Å². The van der Waals surface area contributed by atoms with Crippen molar-refractivity contribution in [1.82, 2.24) is 19.7 Å². The third-order valence-corrected chi connectivity index (χ3v) is 5.46. The molecule has 0 saturated carbocycles. The molecule has 0 radical (unpaired) electrons. The van der Waals surface area contributed by atoms with E-state index in [0.717, 1.165) is 0 Å². The molecule has 0 aliphatic rings. The summed E-state index contributed by atoms with van der Waals surface area (Å²) in [6.07, 6.45) is 0. The number of benzene rings is 1. The lowest BCUT2D eigenvalue weighted by molar-refractivity contribution is 0.183. The van der Waals surface area contributed by atoms with Gasteiger partial charge < -0.3 is 9.26 Å². The molecular weight excluding hydrogens is 400 g/mol. The quantitative estimate of drug-likeness (QED) is 0.434. The maximum absolute atomic E-state index is 13.0. The first kappa shape index (κ1) is 20.8. The SMILES string of the molecule is COCCn1c(SC(C)c2nc(C(C)(C)C)no2)nc2cc(Cl)ccc2c1=O. The second-order valence-corrected chi connectivity index (χ2v) is 9.22. The number of fused-ring (bicyclic) bond motifs is 1. The Labute approximate surface area is 172 Å². The molecule has 3 aromatic rings. The number of methoxy groups -OCH3 is 1. The normalized spacial score (nSPS) is 13.2. The molecule has 0 aliphatic carbocycles. The van der Waals surface area contributed by atoms with Gasteiger partial charge >= 0.3 is 0 Å². The zero-order valence-electron chi connectivity index (χ0n) is 16.5. The zero-order chi connectivity index (χ0) is 20.5. The van der Waals surface area contributed by atoms with Gasteiger partial charge in [-0.2, -0.15) is 4.98 Å². The summed E-state index contributed by atoms with van der Waals surface area (Å²) < 4.78 is 12.2. The van der Waals surface area contributed by atoms with E-state index < -0.39 is 0 Å². The number of thioether (sulfide) groups is 1. The van der Waals surface area contributed by atoms with Gasteiger partial charge in [0.15, 0.2) is 11.0 Å². The summed E-state index contributed by atoms with van der Waals surface area (Å²) in [5.74, 6) is 1.14. The summed E-state index contributed by atoms with van der Waals surface area (Å²) in [5, 5.41) is 5.50. The summed E-state index contributed by atoms with van der Waals surface area (Å²) in [4.78, 5) is 22.2. The number of aromatic nitrogens is 4. The molecule has 0 spiro atoms. The topological polar surface area (TPSA) is 83.0 Å². The first-order valence-corrected chi connectivity index (χ1v) is 10.2. The fourth-order valence-corrected chi connectivity index (χ4v) is 3.69. The molecule has 0 saturated heterocycles. The van der Waals surface area contributed by atoms with Gasteiger partial charge in [-0.3, -0.25) is 9.36 Å². The summed E-state index contributed by atoms with van der Waals surface area (Å²) in [6, 6.07) is 5.08. The maximum atomic E-state index is 13.0. The average Bonchev–Trinajstić information content (AvgIpc) is 3.12. The lowest BCUT2D eigenvalue weighted by Gasteiger charge is -2.15. The van der Waals surface area contributed by atoms with Gasteiger partial charge in [0.25, 0.3) is 5.56 Å². The average molecular weight is 423 g/mol. The summed E-state index contributed by atoms with van der Waals surface area (Å²) >= 11 is 7.47. The molecule has 0 N–H and O–H groups in total. The largest absolute Gasteiger partial charge is 0.383 e. The van der Waals surface area contributed by atoms with Crippen LogP contribution in [-0.2, 0) is 16.7 Å². The molecule has 1 atom stereocenters. The van der Waals surface area contributed by atoms with E-state index >= 15 is 0 Å². The van der Waals surface area contributed by atoms with Gasteiger partial charge in [-0.1, -0.05) is 49.3 Å². The molecular formula is C19H23ClN4O3S. The fourth-order valence-electron chi connectivity index (χ4n) is 2.56. The number of hydrogen-bond acceptors (Lipinski definition) is 7. The van der Waals surface area contributed by atoms with Crippen LogP contribution in [0.1, 0.15) is 44.7 Å². The number of nitrogens with zero attached hydrogens (tertiary/aromatic N) is 4. The molecule has 0 bridgehead atoms. The molecule has 150 valence electrons. The maximum Gasteiger partial charge on any atom is 0.262 e. The van der Waals surface area contributed by atoms with E-state index in [0.29, 0.717) is 45.9 Å². The third-order valence-electron chi connectivity index (χ3n) is 4.14. The number of ether oxygens (including phenoxy) is 1. The first-order chi connectivity index (χ1) is 13.2. The Kier molecular flexibility index (Phi) is 6.12. The molecule has 1 aromatic carbocycles. The van der Waals surface area contributed by atoms with Crippen molar-refractivity contribution >= 4 is 34.3 Å². The monoisotopic (exact) mass is 422 g/mol. The highest BCUT2D eigenvalue weighted by Crippen LogP contribution is 2.34. The van der Waals surface area contributed by atoms with Gasteiger partial charge in [0.1, 0.15) is 0 Å². The van der Waals surface area contributed by atoms with E-state index in [-0.39, 0.29) is 16.2 Å². The van der Waals surface area contributed by atoms with Crippen LogP contribution in [0.2, 0.25) is 5.02 Å². The predicted molar refractivity (Wildman–Crippen MR) is 110 cm³/mol. The molecule has 28 heavy (non-hydrogen) atoms. The molecule has 0 aliphatic heterocycles. The molecule has 1 unspecified atom stereocenters. The first-order valence-electron chi connectivity index (χ1n) is 8.90. The van der Waals surface area contributed by atoms with E-state index in [1.807, 2.05) is 27.7 Å². The van der Waals surface area contributed by atoms with Crippen molar-refractivity contribution in [3.05, 3.63) is 45.3 Å². The summed E-state index contributed by atoms with van der Waals surface area (Å²) in [5.41, 5.74) is 0.223. The summed E-state index contributed by atoms with van der Waals surface area (Å²) in [7, 11) is 1.60. The van der Waals surface area contributed by atoms with Crippen molar-refractivity contribution in [2.75, 3.05) is 13.7 Å². The van der Waals surface area contributed by atoms with E-state index in [9.17, 15) is 4.79 Å². The number of rotatable bonds is 6. The second-order valence-electron chi connectivity index (χ2n) is 7.47. The van der Waals surface area contributed by atoms with Crippen LogP contribution in [0.3, 0.4) is 0 Å². The molecule has 7 nitrogen and oxygen atoms in total. The Morgan fingerprint density at radius 2 is 2.07 bits per heavy atom. The molecule has 2 heterocycles. The van der Waals surface area contributed by atoms with E-state index in [4.69, 9.17) is 20.9 Å². The zero-order valence-corrected chi connectivity index (χ0v) is 18.1. The van der Waals surface area contributed by atoms with Crippen molar-refractivity contribution in [3.63, 3.8) is 0 Å². The number of halogens is 1. The Bertz CT molecular complexity index is 1040. The van der Waals surface area contributed by atoms with Crippen molar-refractivity contribution in [1.29, 1.82) is 0 Å². The van der Waals surface area contributed by atoms with Gasteiger partial charge in [0.05, 0.1) is 29.3 Å². The van der Waals surface area contributed by atoms with Crippen molar-refractivity contribution in [2.24, 2.45) is 0 Å². The second kappa shape index (κ2) is 8.23. The third kappa shape index (κ3) is 4.39. The van der Waals surface area contributed by atoms with Gasteiger partial charge in [0.2, 0.25) is 5.89 Å². The fraction of sp³-hybridized carbons (Fsp3) is 0.474. The lowest BCUT2D eigenvalue weighted by atomic mass is 9.96. The minimum absolute atomic E-state index is 0.130. The highest BCUT2D eigenvalue weighted by atomic mass is 35.5. The van der Waals surface area contributed by atoms with Gasteiger partial charge in [-0.05, 0) is 25.1 Å². The highest BCUT2D eigenvalue weighted by Gasteiger charge is 2.25. The van der Waals surface area contributed by atoms with Crippen molar-refractivity contribution < 1.29 is 9.26 Å². The molecule has 0 fully saturated rings. The van der Waals surface area contributed by atoms with Crippen LogP contribution in [-0.4, -0.2) is 33.4 Å². The van der Waals surface area contributed by atoms with Crippen LogP contribution in [0, 0.1) is 0 Å². The van der Waals surface area contributed by atoms with E-state index in [1.54, 1.807) is 29.9 Å². The molecule has 9 heteroatoms. The van der Waals surface area contributed by atoms with Gasteiger partial charge in [-0.25, -0.2) is 4.98 Å². The van der Waals surface area contributed by atoms with Crippen LogP contribution in [0.5, 0.6) is 0 Å². The standard InChI is InChI=1S/C19H23ClN4O3S/c1-11(15-22-17(23-27-15)19(2,3)4)28-18-21-14-10-12(20)6-7-13(14)16(25)24(18)8-9-26-5/h6-7,10-11H,8-9H2,1-5H3. The van der Waals surface area contributed by atoms with E-state index in [2.05, 4.69) is 15.1 Å². The van der Waals surface area contributed by atoms with Gasteiger partial charge in [0, 0.05) is 17.5 Å². The summed E-state index contributed by atoms with van der Waals surface area (Å²) in [6.45, 7) is 8.81. The van der Waals surface area contributed by atoms with E-state index in [1.165, 1.54) is 11.8 Å². The minimum atomic E-state index is -0.204. The smallest absolute Gasteiger partial charge is 0.262 e. The Morgan fingerprint density at radius 3 is 2.71 bits per heavy atom. The van der Waals surface area contributed by atoms with Crippen LogP contribution in [0.15, 0.2) is 32.7 Å². The van der Waals surface area contributed by atoms with Gasteiger partial charge in [-0.15, -0.1) is 0 Å². The van der Waals surface area contributed by atoms with Crippen LogP contribution >= 0.6 is 23.4 Å². The Morgan fingerprint density at radius 1 is 1.32 bits per heavy atom. The Hall–Kier alpha value is -1.90. The lowest BCUT2D eigenvalue weighted by Crippen LogP contribution is -2.25. The van der Waals surface area contributed by atoms with Crippen molar-refractivity contribution in [2.45, 2.75) is 50.1 Å². The molecule has 2 aromatic heterocycles. The van der Waals surface area contributed by atoms with Crippen molar-refractivity contribution in [3.8, 4) is 0 Å². The minimum Gasteiger partial charge on any atom is -0.383 e.